The number of carbonyl (C=O) groups excluding carboxylic acids is 2. The van der Waals surface area contributed by atoms with Crippen molar-refractivity contribution in [3.8, 4) is 5.75 Å². The summed E-state index contributed by atoms with van der Waals surface area (Å²) in [6.45, 7) is 2.41. The zero-order valence-corrected chi connectivity index (χ0v) is 14.3. The van der Waals surface area contributed by atoms with E-state index in [9.17, 15) is 22.8 Å². The lowest BCUT2D eigenvalue weighted by molar-refractivity contribution is -0.139. The first-order chi connectivity index (χ1) is 12.2. The molecule has 7 heteroatoms. The molecule has 4 nitrogen and oxygen atoms in total. The molecule has 0 aliphatic rings. The van der Waals surface area contributed by atoms with Crippen LogP contribution in [0.2, 0.25) is 0 Å². The summed E-state index contributed by atoms with van der Waals surface area (Å²) in [6.07, 6.45) is -4.02. The molecular formula is C19H18F3NO3. The first-order valence-electron chi connectivity index (χ1n) is 7.95. The number of aryl methyl sites for hydroxylation is 1. The van der Waals surface area contributed by atoms with E-state index in [0.29, 0.717) is 12.1 Å². The van der Waals surface area contributed by atoms with Crippen LogP contribution in [0.3, 0.4) is 0 Å². The van der Waals surface area contributed by atoms with Crippen molar-refractivity contribution < 1.29 is 27.5 Å². The Labute approximate surface area is 149 Å². The minimum Gasteiger partial charge on any atom is -0.482 e. The van der Waals surface area contributed by atoms with Crippen LogP contribution in [0.5, 0.6) is 5.75 Å². The van der Waals surface area contributed by atoms with Crippen molar-refractivity contribution in [2.24, 2.45) is 0 Å². The molecule has 0 bridgehead atoms. The lowest BCUT2D eigenvalue weighted by Crippen LogP contribution is -2.23. The zero-order valence-electron chi connectivity index (χ0n) is 14.3. The number of hydrogen-bond acceptors (Lipinski definition) is 3. The van der Waals surface area contributed by atoms with Crippen LogP contribution in [0.15, 0.2) is 42.5 Å². The highest BCUT2D eigenvalue weighted by Crippen LogP contribution is 2.38. The minimum absolute atomic E-state index is 0.221. The molecule has 2 aromatic carbocycles. The summed E-state index contributed by atoms with van der Waals surface area (Å²) < 4.78 is 44.6. The highest BCUT2D eigenvalue weighted by molar-refractivity contribution is 5.98. The van der Waals surface area contributed by atoms with Crippen molar-refractivity contribution in [3.05, 3.63) is 59.2 Å². The van der Waals surface area contributed by atoms with Crippen LogP contribution in [0.4, 0.5) is 18.9 Å². The number of benzene rings is 2. The Morgan fingerprint density at radius 2 is 1.77 bits per heavy atom. The standard InChI is InChI=1S/C19H18F3NO3/c1-3-13-7-4-5-10-16(13)23-17(25)11-26-18-14(12(2)24)8-6-9-15(18)19(20,21)22/h4-10H,3,11H2,1-2H3,(H,23,25). The maximum atomic E-state index is 13.2. The minimum atomic E-state index is -4.70. The van der Waals surface area contributed by atoms with Crippen molar-refractivity contribution in [1.82, 2.24) is 0 Å². The fraction of sp³-hybridized carbons (Fsp3) is 0.263. The summed E-state index contributed by atoms with van der Waals surface area (Å²) in [7, 11) is 0. The molecule has 138 valence electrons. The molecule has 26 heavy (non-hydrogen) atoms. The number of carbonyl (C=O) groups is 2. The molecule has 2 rings (SSSR count). The Kier molecular flexibility index (Phi) is 6.02. The Morgan fingerprint density at radius 1 is 1.08 bits per heavy atom. The van der Waals surface area contributed by atoms with Crippen LogP contribution in [0.25, 0.3) is 0 Å². The smallest absolute Gasteiger partial charge is 0.419 e. The second-order valence-electron chi connectivity index (χ2n) is 5.58. The molecule has 0 saturated carbocycles. The number of hydrogen-bond donors (Lipinski definition) is 1. The summed E-state index contributed by atoms with van der Waals surface area (Å²) in [4.78, 5) is 23.7. The van der Waals surface area contributed by atoms with Gasteiger partial charge in [-0.3, -0.25) is 9.59 Å². The summed E-state index contributed by atoms with van der Waals surface area (Å²) >= 11 is 0. The lowest BCUT2D eigenvalue weighted by atomic mass is 10.1. The van der Waals surface area contributed by atoms with Gasteiger partial charge in [-0.15, -0.1) is 0 Å². The molecule has 0 aromatic heterocycles. The molecule has 0 aliphatic heterocycles. The zero-order chi connectivity index (χ0) is 19.3. The Balaban J connectivity index is 2.21. The number of ether oxygens (including phenoxy) is 1. The number of ketones is 1. The number of Topliss-reactive ketones (excluding diaryl/α,β-unsaturated/α-hetero) is 1. The number of halogens is 3. The third-order valence-electron chi connectivity index (χ3n) is 3.72. The predicted octanol–water partition coefficient (Wildman–Crippen LogP) is 4.49. The van der Waals surface area contributed by atoms with Gasteiger partial charge in [-0.05, 0) is 37.1 Å². The number of rotatable bonds is 6. The molecule has 0 aliphatic carbocycles. The highest BCUT2D eigenvalue weighted by Gasteiger charge is 2.36. The molecule has 0 saturated heterocycles. The van der Waals surface area contributed by atoms with Crippen LogP contribution in [0, 0.1) is 0 Å². The lowest BCUT2D eigenvalue weighted by Gasteiger charge is -2.17. The number of nitrogens with one attached hydrogen (secondary N) is 1. The van der Waals surface area contributed by atoms with Gasteiger partial charge in [-0.2, -0.15) is 13.2 Å². The van der Waals surface area contributed by atoms with E-state index < -0.39 is 35.8 Å². The number of para-hydroxylation sites is 2. The van der Waals surface area contributed by atoms with E-state index in [-0.39, 0.29) is 5.56 Å². The third kappa shape index (κ3) is 4.62. The van der Waals surface area contributed by atoms with Gasteiger partial charge in [0, 0.05) is 5.69 Å². The Bertz CT molecular complexity index is 816. The van der Waals surface area contributed by atoms with E-state index in [4.69, 9.17) is 4.74 Å². The van der Waals surface area contributed by atoms with Crippen LogP contribution in [-0.2, 0) is 17.4 Å². The van der Waals surface area contributed by atoms with Gasteiger partial charge in [0.05, 0.1) is 11.1 Å². The summed E-state index contributed by atoms with van der Waals surface area (Å²) in [5.74, 6) is -1.83. The largest absolute Gasteiger partial charge is 0.482 e. The quantitative estimate of drug-likeness (QED) is 0.768. The van der Waals surface area contributed by atoms with Crippen molar-refractivity contribution in [3.63, 3.8) is 0 Å². The molecule has 2 aromatic rings. The van der Waals surface area contributed by atoms with Gasteiger partial charge in [0.25, 0.3) is 5.91 Å². The first-order valence-corrected chi connectivity index (χ1v) is 7.95. The van der Waals surface area contributed by atoms with Crippen molar-refractivity contribution in [2.75, 3.05) is 11.9 Å². The van der Waals surface area contributed by atoms with Gasteiger partial charge in [0.2, 0.25) is 0 Å². The second-order valence-corrected chi connectivity index (χ2v) is 5.58. The van der Waals surface area contributed by atoms with Crippen LogP contribution < -0.4 is 10.1 Å². The van der Waals surface area contributed by atoms with E-state index in [1.165, 1.54) is 6.07 Å². The number of amides is 1. The molecular weight excluding hydrogens is 347 g/mol. The predicted molar refractivity (Wildman–Crippen MR) is 91.4 cm³/mol. The second kappa shape index (κ2) is 8.03. The van der Waals surface area contributed by atoms with Crippen LogP contribution in [-0.4, -0.2) is 18.3 Å². The number of alkyl halides is 3. The molecule has 1 amide bonds. The Morgan fingerprint density at radius 3 is 2.38 bits per heavy atom. The van der Waals surface area contributed by atoms with Gasteiger partial charge in [-0.1, -0.05) is 31.2 Å². The summed E-state index contributed by atoms with van der Waals surface area (Å²) in [5.41, 5.74) is 0.147. The molecule has 0 atom stereocenters. The molecule has 0 spiro atoms. The SMILES string of the molecule is CCc1ccccc1NC(=O)COc1c(C(C)=O)cccc1C(F)(F)F. The van der Waals surface area contributed by atoms with E-state index in [0.717, 1.165) is 24.6 Å². The fourth-order valence-corrected chi connectivity index (χ4v) is 2.47. The first kappa shape index (κ1) is 19.5. The molecule has 0 heterocycles. The fourth-order valence-electron chi connectivity index (χ4n) is 2.47. The van der Waals surface area contributed by atoms with E-state index in [1.807, 2.05) is 19.1 Å². The topological polar surface area (TPSA) is 55.4 Å². The van der Waals surface area contributed by atoms with Gasteiger partial charge in [-0.25, -0.2) is 0 Å². The third-order valence-corrected chi connectivity index (χ3v) is 3.72. The van der Waals surface area contributed by atoms with Crippen molar-refractivity contribution in [2.45, 2.75) is 26.4 Å². The maximum Gasteiger partial charge on any atom is 0.419 e. The van der Waals surface area contributed by atoms with Crippen molar-refractivity contribution in [1.29, 1.82) is 0 Å². The van der Waals surface area contributed by atoms with Crippen LogP contribution >= 0.6 is 0 Å². The molecule has 0 unspecified atom stereocenters. The van der Waals surface area contributed by atoms with Gasteiger partial charge >= 0.3 is 6.18 Å². The van der Waals surface area contributed by atoms with E-state index in [1.54, 1.807) is 12.1 Å². The van der Waals surface area contributed by atoms with Gasteiger partial charge < -0.3 is 10.1 Å². The average molecular weight is 365 g/mol. The Hall–Kier alpha value is -2.83. The van der Waals surface area contributed by atoms with Gasteiger partial charge in [0.1, 0.15) is 5.75 Å². The van der Waals surface area contributed by atoms with E-state index >= 15 is 0 Å². The highest BCUT2D eigenvalue weighted by atomic mass is 19.4. The van der Waals surface area contributed by atoms with E-state index in [2.05, 4.69) is 5.32 Å². The van der Waals surface area contributed by atoms with Gasteiger partial charge in [0.15, 0.2) is 12.4 Å². The molecule has 0 fully saturated rings. The van der Waals surface area contributed by atoms with Crippen LogP contribution in [0.1, 0.15) is 35.3 Å². The monoisotopic (exact) mass is 365 g/mol. The maximum absolute atomic E-state index is 13.2. The molecule has 0 radical (unpaired) electrons. The summed E-state index contributed by atoms with van der Waals surface area (Å²) in [5, 5.41) is 2.61. The average Bonchev–Trinajstić information content (AvgIpc) is 2.59. The number of anilines is 1. The normalized spacial score (nSPS) is 11.1. The molecule has 1 N–H and O–H groups in total. The van der Waals surface area contributed by atoms with Crippen molar-refractivity contribution >= 4 is 17.4 Å². The summed E-state index contributed by atoms with van der Waals surface area (Å²) in [6, 6.07) is 10.3.